The molecule has 3 nitrogen and oxygen atoms in total. The van der Waals surface area contributed by atoms with Crippen LogP contribution >= 0.6 is 11.3 Å². The highest BCUT2D eigenvalue weighted by atomic mass is 32.1. The van der Waals surface area contributed by atoms with E-state index in [0.29, 0.717) is 12.1 Å². The lowest BCUT2D eigenvalue weighted by atomic mass is 10.1. The van der Waals surface area contributed by atoms with E-state index in [1.807, 2.05) is 54.8 Å². The average molecular weight is 324 g/mol. The van der Waals surface area contributed by atoms with Crippen LogP contribution in [0.3, 0.4) is 0 Å². The molecule has 0 aliphatic heterocycles. The molecule has 0 unspecified atom stereocenters. The van der Waals surface area contributed by atoms with Crippen LogP contribution in [0.15, 0.2) is 60.2 Å². The molecule has 0 saturated heterocycles. The molecule has 3 rings (SSSR count). The number of thiophene rings is 1. The molecule has 1 aromatic carbocycles. The normalized spacial score (nSPS) is 9.96. The van der Waals surface area contributed by atoms with Gasteiger partial charge in [-0.05, 0) is 30.0 Å². The molecule has 0 spiro atoms. The predicted molar refractivity (Wildman–Crippen MR) is 96.6 cm³/mol. The van der Waals surface area contributed by atoms with Crippen LogP contribution in [0, 0.1) is 6.92 Å². The van der Waals surface area contributed by atoms with Gasteiger partial charge in [0.05, 0.1) is 5.56 Å². The number of carbonyl (C=O) groups excluding carboxylic acids is 1. The van der Waals surface area contributed by atoms with Crippen molar-refractivity contribution in [3.8, 4) is 10.4 Å². The molecule has 1 N–H and O–H groups in total. The molecule has 0 saturated carbocycles. The minimum atomic E-state index is -0.105. The number of rotatable bonds is 4. The fourth-order valence-corrected chi connectivity index (χ4v) is 2.84. The van der Waals surface area contributed by atoms with Gasteiger partial charge in [0.1, 0.15) is 0 Å². The Hall–Kier alpha value is -2.46. The van der Waals surface area contributed by atoms with E-state index >= 15 is 0 Å². The molecular formula is C19H20N2OS. The van der Waals surface area contributed by atoms with E-state index in [9.17, 15) is 4.79 Å². The van der Waals surface area contributed by atoms with Gasteiger partial charge in [-0.15, -0.1) is 11.3 Å². The lowest BCUT2D eigenvalue weighted by Crippen LogP contribution is -2.22. The van der Waals surface area contributed by atoms with E-state index in [0.717, 1.165) is 16.0 Å². The Morgan fingerprint density at radius 1 is 1.17 bits per heavy atom. The van der Waals surface area contributed by atoms with Gasteiger partial charge in [-0.2, -0.15) is 0 Å². The number of aryl methyl sites for hydroxylation is 1. The van der Waals surface area contributed by atoms with Crippen LogP contribution in [-0.4, -0.2) is 10.9 Å². The third kappa shape index (κ3) is 4.27. The van der Waals surface area contributed by atoms with E-state index < -0.39 is 0 Å². The Kier molecular flexibility index (Phi) is 5.66. The van der Waals surface area contributed by atoms with E-state index in [1.165, 1.54) is 5.56 Å². The number of nitrogens with zero attached hydrogens (tertiary/aromatic N) is 1. The monoisotopic (exact) mass is 324 g/mol. The van der Waals surface area contributed by atoms with Crippen molar-refractivity contribution in [1.82, 2.24) is 10.3 Å². The quantitative estimate of drug-likeness (QED) is 0.757. The van der Waals surface area contributed by atoms with E-state index in [2.05, 4.69) is 10.3 Å². The zero-order valence-corrected chi connectivity index (χ0v) is 13.1. The zero-order valence-electron chi connectivity index (χ0n) is 12.2. The molecular weight excluding hydrogens is 304 g/mol. The molecule has 3 aromatic rings. The number of hydrogen-bond acceptors (Lipinski definition) is 3. The highest BCUT2D eigenvalue weighted by molar-refractivity contribution is 7.13. The van der Waals surface area contributed by atoms with Crippen LogP contribution < -0.4 is 5.32 Å². The number of benzene rings is 1. The number of nitrogens with one attached hydrogen (secondary N) is 1. The summed E-state index contributed by atoms with van der Waals surface area (Å²) >= 11 is 1.64. The van der Waals surface area contributed by atoms with Gasteiger partial charge in [-0.25, -0.2) is 0 Å². The molecule has 23 heavy (non-hydrogen) atoms. The Balaban J connectivity index is 0.00000192. The zero-order chi connectivity index (χ0) is 15.4. The van der Waals surface area contributed by atoms with Crippen molar-refractivity contribution in [3.63, 3.8) is 0 Å². The summed E-state index contributed by atoms with van der Waals surface area (Å²) in [6.07, 6.45) is 3.38. The SMILES string of the molecule is C.Cc1ccc(CNC(=O)c2cncc(-c3cccs3)c2)cc1. The molecule has 0 bridgehead atoms. The first-order valence-electron chi connectivity index (χ1n) is 7.05. The molecule has 0 aliphatic carbocycles. The lowest BCUT2D eigenvalue weighted by Gasteiger charge is -2.06. The van der Waals surface area contributed by atoms with Crippen LogP contribution in [0.5, 0.6) is 0 Å². The summed E-state index contributed by atoms with van der Waals surface area (Å²) in [4.78, 5) is 17.5. The van der Waals surface area contributed by atoms with Crippen LogP contribution in [0.2, 0.25) is 0 Å². The largest absolute Gasteiger partial charge is 0.348 e. The van der Waals surface area contributed by atoms with Gasteiger partial charge in [-0.3, -0.25) is 9.78 Å². The van der Waals surface area contributed by atoms with Gasteiger partial charge in [0, 0.05) is 29.4 Å². The highest BCUT2D eigenvalue weighted by Gasteiger charge is 2.08. The molecule has 0 fully saturated rings. The van der Waals surface area contributed by atoms with Gasteiger partial charge in [0.15, 0.2) is 0 Å². The van der Waals surface area contributed by atoms with Crippen molar-refractivity contribution in [3.05, 3.63) is 76.9 Å². The highest BCUT2D eigenvalue weighted by Crippen LogP contribution is 2.24. The van der Waals surface area contributed by atoms with Crippen LogP contribution in [-0.2, 0) is 6.54 Å². The molecule has 0 aliphatic rings. The third-order valence-electron chi connectivity index (χ3n) is 3.38. The third-order valence-corrected chi connectivity index (χ3v) is 4.30. The number of pyridine rings is 1. The molecule has 2 heterocycles. The Morgan fingerprint density at radius 3 is 2.65 bits per heavy atom. The number of amides is 1. The Labute approximate surface area is 141 Å². The first-order valence-corrected chi connectivity index (χ1v) is 7.93. The lowest BCUT2D eigenvalue weighted by molar-refractivity contribution is 0.0950. The summed E-state index contributed by atoms with van der Waals surface area (Å²) in [5.41, 5.74) is 3.85. The maximum Gasteiger partial charge on any atom is 0.253 e. The number of aromatic nitrogens is 1. The van der Waals surface area contributed by atoms with Crippen molar-refractivity contribution in [2.45, 2.75) is 20.9 Å². The molecule has 0 atom stereocenters. The fourth-order valence-electron chi connectivity index (χ4n) is 2.13. The second-order valence-corrected chi connectivity index (χ2v) is 6.06. The summed E-state index contributed by atoms with van der Waals surface area (Å²) in [5.74, 6) is -0.105. The van der Waals surface area contributed by atoms with Gasteiger partial charge >= 0.3 is 0 Å². The molecule has 0 radical (unpaired) electrons. The second kappa shape index (κ2) is 7.70. The standard InChI is InChI=1S/C18H16N2OS.CH4/c1-13-4-6-14(7-5-13)10-20-18(21)16-9-15(11-19-12-16)17-3-2-8-22-17;/h2-9,11-12H,10H2,1H3,(H,20,21);1H4. The number of hydrogen-bond donors (Lipinski definition) is 1. The summed E-state index contributed by atoms with van der Waals surface area (Å²) in [6.45, 7) is 2.56. The van der Waals surface area contributed by atoms with Crippen LogP contribution in [0.25, 0.3) is 10.4 Å². The Morgan fingerprint density at radius 2 is 1.96 bits per heavy atom. The first-order chi connectivity index (χ1) is 10.7. The van der Waals surface area contributed by atoms with E-state index in [4.69, 9.17) is 0 Å². The first kappa shape index (κ1) is 16.9. The van der Waals surface area contributed by atoms with Crippen molar-refractivity contribution in [2.75, 3.05) is 0 Å². The van der Waals surface area contributed by atoms with Crippen molar-refractivity contribution < 1.29 is 4.79 Å². The topological polar surface area (TPSA) is 42.0 Å². The molecule has 118 valence electrons. The van der Waals surface area contributed by atoms with Crippen LogP contribution in [0.4, 0.5) is 0 Å². The predicted octanol–water partition coefficient (Wildman–Crippen LogP) is 4.68. The van der Waals surface area contributed by atoms with Crippen molar-refractivity contribution in [2.24, 2.45) is 0 Å². The maximum absolute atomic E-state index is 12.3. The molecule has 4 heteroatoms. The molecule has 1 amide bonds. The minimum absolute atomic E-state index is 0. The molecule has 2 aromatic heterocycles. The summed E-state index contributed by atoms with van der Waals surface area (Å²) < 4.78 is 0. The maximum atomic E-state index is 12.3. The summed E-state index contributed by atoms with van der Waals surface area (Å²) in [6, 6.07) is 14.0. The van der Waals surface area contributed by atoms with Gasteiger partial charge in [-0.1, -0.05) is 43.3 Å². The fraction of sp³-hybridized carbons (Fsp3) is 0.158. The van der Waals surface area contributed by atoms with Crippen molar-refractivity contribution >= 4 is 17.2 Å². The average Bonchev–Trinajstić information content (AvgIpc) is 3.09. The Bertz CT molecular complexity index is 764. The second-order valence-electron chi connectivity index (χ2n) is 5.11. The van der Waals surface area contributed by atoms with Crippen molar-refractivity contribution in [1.29, 1.82) is 0 Å². The van der Waals surface area contributed by atoms with Gasteiger partial charge in [0.2, 0.25) is 0 Å². The van der Waals surface area contributed by atoms with E-state index in [-0.39, 0.29) is 13.3 Å². The van der Waals surface area contributed by atoms with Gasteiger partial charge in [0.25, 0.3) is 5.91 Å². The summed E-state index contributed by atoms with van der Waals surface area (Å²) in [7, 11) is 0. The summed E-state index contributed by atoms with van der Waals surface area (Å²) in [5, 5.41) is 4.95. The minimum Gasteiger partial charge on any atom is -0.348 e. The smallest absolute Gasteiger partial charge is 0.253 e. The van der Waals surface area contributed by atoms with Gasteiger partial charge < -0.3 is 5.32 Å². The van der Waals surface area contributed by atoms with Crippen LogP contribution in [0.1, 0.15) is 28.9 Å². The van der Waals surface area contributed by atoms with E-state index in [1.54, 1.807) is 23.7 Å². The number of carbonyl (C=O) groups is 1.